The number of nitrogens with one attached hydrogen (secondary N) is 1. The fourth-order valence-electron chi connectivity index (χ4n) is 3.46. The zero-order valence-corrected chi connectivity index (χ0v) is 16.8. The van der Waals surface area contributed by atoms with Crippen LogP contribution in [0.4, 0.5) is 5.69 Å². The predicted molar refractivity (Wildman–Crippen MR) is 109 cm³/mol. The summed E-state index contributed by atoms with van der Waals surface area (Å²) < 4.78 is 27.5. The van der Waals surface area contributed by atoms with Crippen LogP contribution in [-0.4, -0.2) is 51.4 Å². The van der Waals surface area contributed by atoms with Gasteiger partial charge in [-0.3, -0.25) is 4.79 Å². The molecule has 28 heavy (non-hydrogen) atoms. The second kappa shape index (κ2) is 7.56. The average Bonchev–Trinajstić information content (AvgIpc) is 3.51. The Morgan fingerprint density at radius 1 is 1.00 bits per heavy atom. The van der Waals surface area contributed by atoms with Gasteiger partial charge in [-0.25, -0.2) is 13.1 Å². The summed E-state index contributed by atoms with van der Waals surface area (Å²) in [6.45, 7) is 4.82. The van der Waals surface area contributed by atoms with E-state index in [2.05, 4.69) is 34.7 Å². The smallest absolute Gasteiger partial charge is 0.254 e. The maximum atomic E-state index is 12.9. The van der Waals surface area contributed by atoms with Gasteiger partial charge in [-0.1, -0.05) is 18.2 Å². The second-order valence-corrected chi connectivity index (χ2v) is 9.26. The molecule has 1 aliphatic heterocycles. The molecule has 6 nitrogen and oxygen atoms in total. The first-order valence-electron chi connectivity index (χ1n) is 9.66. The molecule has 1 aliphatic carbocycles. The predicted octanol–water partition coefficient (Wildman–Crippen LogP) is 2.40. The summed E-state index contributed by atoms with van der Waals surface area (Å²) in [6, 6.07) is 14.7. The third-order valence-electron chi connectivity index (χ3n) is 5.22. The molecule has 2 fully saturated rings. The van der Waals surface area contributed by atoms with Crippen molar-refractivity contribution >= 4 is 21.6 Å². The van der Waals surface area contributed by atoms with Crippen molar-refractivity contribution in [2.75, 3.05) is 31.1 Å². The van der Waals surface area contributed by atoms with Gasteiger partial charge in [0, 0.05) is 43.5 Å². The molecule has 0 unspecified atom stereocenters. The van der Waals surface area contributed by atoms with Crippen LogP contribution in [0.2, 0.25) is 0 Å². The molecule has 1 heterocycles. The van der Waals surface area contributed by atoms with Gasteiger partial charge in [0.05, 0.1) is 4.90 Å². The number of hydrogen-bond donors (Lipinski definition) is 1. The van der Waals surface area contributed by atoms with Crippen LogP contribution in [0.15, 0.2) is 53.4 Å². The van der Waals surface area contributed by atoms with Gasteiger partial charge in [0.1, 0.15) is 0 Å². The number of anilines is 1. The van der Waals surface area contributed by atoms with E-state index in [-0.39, 0.29) is 16.8 Å². The highest BCUT2D eigenvalue weighted by atomic mass is 32.2. The fourth-order valence-corrected chi connectivity index (χ4v) is 4.81. The minimum absolute atomic E-state index is 0.0408. The van der Waals surface area contributed by atoms with Crippen molar-refractivity contribution in [1.82, 2.24) is 9.62 Å². The van der Waals surface area contributed by atoms with Gasteiger partial charge < -0.3 is 9.80 Å². The largest absolute Gasteiger partial charge is 0.368 e. The first-order chi connectivity index (χ1) is 13.4. The SMILES string of the molecule is Cc1cccc(N2CCN(C(=O)c3cccc(S(=O)(=O)NC4CC4)c3)CC2)c1. The van der Waals surface area contributed by atoms with Crippen LogP contribution >= 0.6 is 0 Å². The van der Waals surface area contributed by atoms with Gasteiger partial charge in [-0.15, -0.1) is 0 Å². The van der Waals surface area contributed by atoms with E-state index < -0.39 is 10.0 Å². The number of carbonyl (C=O) groups excluding carboxylic acids is 1. The molecule has 0 bridgehead atoms. The molecule has 1 saturated heterocycles. The molecule has 2 aromatic rings. The number of amides is 1. The Morgan fingerprint density at radius 3 is 2.39 bits per heavy atom. The Balaban J connectivity index is 1.43. The van der Waals surface area contributed by atoms with E-state index in [0.29, 0.717) is 18.7 Å². The molecule has 1 saturated carbocycles. The van der Waals surface area contributed by atoms with E-state index in [9.17, 15) is 13.2 Å². The van der Waals surface area contributed by atoms with E-state index in [4.69, 9.17) is 0 Å². The highest BCUT2D eigenvalue weighted by Crippen LogP contribution is 2.23. The number of benzene rings is 2. The monoisotopic (exact) mass is 399 g/mol. The zero-order valence-electron chi connectivity index (χ0n) is 16.0. The van der Waals surface area contributed by atoms with Crippen LogP contribution in [0.1, 0.15) is 28.8 Å². The highest BCUT2D eigenvalue weighted by molar-refractivity contribution is 7.89. The summed E-state index contributed by atoms with van der Waals surface area (Å²) in [6.07, 6.45) is 1.76. The average molecular weight is 400 g/mol. The van der Waals surface area contributed by atoms with Crippen molar-refractivity contribution < 1.29 is 13.2 Å². The van der Waals surface area contributed by atoms with E-state index >= 15 is 0 Å². The summed E-state index contributed by atoms with van der Waals surface area (Å²) in [4.78, 5) is 17.1. The third-order valence-corrected chi connectivity index (χ3v) is 6.74. The Morgan fingerprint density at radius 2 is 1.71 bits per heavy atom. The molecule has 0 atom stereocenters. The summed E-state index contributed by atoms with van der Waals surface area (Å²) in [5.74, 6) is -0.118. The molecule has 0 aromatic heterocycles. The van der Waals surface area contributed by atoms with Gasteiger partial charge in [-0.05, 0) is 55.7 Å². The van der Waals surface area contributed by atoms with Crippen molar-refractivity contribution in [3.63, 3.8) is 0 Å². The lowest BCUT2D eigenvalue weighted by atomic mass is 10.1. The van der Waals surface area contributed by atoms with Gasteiger partial charge in [0.15, 0.2) is 0 Å². The van der Waals surface area contributed by atoms with Crippen molar-refractivity contribution in [2.24, 2.45) is 0 Å². The first kappa shape index (κ1) is 19.0. The van der Waals surface area contributed by atoms with E-state index in [1.54, 1.807) is 17.0 Å². The topological polar surface area (TPSA) is 69.7 Å². The lowest BCUT2D eigenvalue weighted by Crippen LogP contribution is -2.48. The number of carbonyl (C=O) groups is 1. The Labute approximate surface area is 166 Å². The Kier molecular flexibility index (Phi) is 5.12. The fraction of sp³-hybridized carbons (Fsp3) is 0.381. The summed E-state index contributed by atoms with van der Waals surface area (Å²) in [5.41, 5.74) is 2.81. The zero-order chi connectivity index (χ0) is 19.7. The Hall–Kier alpha value is -2.38. The minimum atomic E-state index is -3.56. The lowest BCUT2D eigenvalue weighted by molar-refractivity contribution is 0.0746. The quantitative estimate of drug-likeness (QED) is 0.838. The molecule has 7 heteroatoms. The molecule has 148 valence electrons. The molecular weight excluding hydrogens is 374 g/mol. The standard InChI is InChI=1S/C21H25N3O3S/c1-16-4-2-6-19(14-16)23-10-12-24(13-11-23)21(25)17-5-3-7-20(15-17)28(26,27)22-18-8-9-18/h2-7,14-15,18,22H,8-13H2,1H3. The van der Waals surface area contributed by atoms with Gasteiger partial charge in [0.25, 0.3) is 5.91 Å². The van der Waals surface area contributed by atoms with E-state index in [0.717, 1.165) is 25.9 Å². The summed E-state index contributed by atoms with van der Waals surface area (Å²) in [5, 5.41) is 0. The maximum Gasteiger partial charge on any atom is 0.254 e. The van der Waals surface area contributed by atoms with Crippen molar-refractivity contribution in [3.05, 3.63) is 59.7 Å². The third kappa shape index (κ3) is 4.20. The highest BCUT2D eigenvalue weighted by Gasteiger charge is 2.29. The number of hydrogen-bond acceptors (Lipinski definition) is 4. The molecule has 4 rings (SSSR count). The van der Waals surface area contributed by atoms with E-state index in [1.807, 2.05) is 6.07 Å². The van der Waals surface area contributed by atoms with Crippen LogP contribution in [0.5, 0.6) is 0 Å². The molecule has 2 aliphatic rings. The van der Waals surface area contributed by atoms with Crippen molar-refractivity contribution in [1.29, 1.82) is 0 Å². The van der Waals surface area contributed by atoms with Crippen LogP contribution in [0.25, 0.3) is 0 Å². The molecular formula is C21H25N3O3S. The van der Waals surface area contributed by atoms with Crippen LogP contribution in [0, 0.1) is 6.92 Å². The van der Waals surface area contributed by atoms with Crippen molar-refractivity contribution in [3.8, 4) is 0 Å². The molecule has 1 amide bonds. The molecule has 1 N–H and O–H groups in total. The van der Waals surface area contributed by atoms with Crippen LogP contribution < -0.4 is 9.62 Å². The number of rotatable bonds is 5. The van der Waals surface area contributed by atoms with Crippen LogP contribution in [-0.2, 0) is 10.0 Å². The van der Waals surface area contributed by atoms with Crippen LogP contribution in [0.3, 0.4) is 0 Å². The summed E-state index contributed by atoms with van der Waals surface area (Å²) in [7, 11) is -3.56. The van der Waals surface area contributed by atoms with Crippen molar-refractivity contribution in [2.45, 2.75) is 30.7 Å². The number of sulfonamides is 1. The first-order valence-corrected chi connectivity index (χ1v) is 11.1. The minimum Gasteiger partial charge on any atom is -0.368 e. The van der Waals surface area contributed by atoms with E-state index in [1.165, 1.54) is 23.4 Å². The molecule has 2 aromatic carbocycles. The number of aryl methyl sites for hydroxylation is 1. The second-order valence-electron chi connectivity index (χ2n) is 7.54. The lowest BCUT2D eigenvalue weighted by Gasteiger charge is -2.36. The number of nitrogens with zero attached hydrogens (tertiary/aromatic N) is 2. The summed E-state index contributed by atoms with van der Waals surface area (Å²) >= 11 is 0. The Bertz CT molecular complexity index is 978. The van der Waals surface area contributed by atoms with Gasteiger partial charge >= 0.3 is 0 Å². The number of piperazine rings is 1. The maximum absolute atomic E-state index is 12.9. The van der Waals surface area contributed by atoms with Gasteiger partial charge in [-0.2, -0.15) is 0 Å². The molecule has 0 radical (unpaired) electrons. The van der Waals surface area contributed by atoms with Gasteiger partial charge in [0.2, 0.25) is 10.0 Å². The normalized spacial score (nSPS) is 17.6. The molecule has 0 spiro atoms.